The molecular formula is C14H24N2O3. The van der Waals surface area contributed by atoms with Gasteiger partial charge in [0, 0.05) is 25.2 Å². The van der Waals surface area contributed by atoms with Crippen LogP contribution in [0.15, 0.2) is 18.2 Å². The van der Waals surface area contributed by atoms with E-state index in [9.17, 15) is 0 Å². The van der Waals surface area contributed by atoms with Crippen LogP contribution in [0.1, 0.15) is 24.9 Å². The average Bonchev–Trinajstić information content (AvgIpc) is 2.44. The third-order valence-corrected chi connectivity index (χ3v) is 3.09. The maximum absolute atomic E-state index is 8.94. The van der Waals surface area contributed by atoms with E-state index >= 15 is 0 Å². The summed E-state index contributed by atoms with van der Waals surface area (Å²) in [5.41, 5.74) is 6.86. The topological polar surface area (TPSA) is 76.7 Å². The van der Waals surface area contributed by atoms with E-state index in [4.69, 9.17) is 20.3 Å². The lowest BCUT2D eigenvalue weighted by atomic mass is 10.0. The van der Waals surface area contributed by atoms with Crippen molar-refractivity contribution < 1.29 is 14.6 Å². The van der Waals surface area contributed by atoms with Gasteiger partial charge in [0.1, 0.15) is 0 Å². The van der Waals surface area contributed by atoms with Gasteiger partial charge in [0.2, 0.25) is 0 Å². The highest BCUT2D eigenvalue weighted by molar-refractivity contribution is 5.43. The van der Waals surface area contributed by atoms with Crippen LogP contribution in [0.5, 0.6) is 11.5 Å². The maximum Gasteiger partial charge on any atom is 0.161 e. The van der Waals surface area contributed by atoms with Crippen LogP contribution in [0, 0.1) is 0 Å². The Morgan fingerprint density at radius 1 is 1.26 bits per heavy atom. The van der Waals surface area contributed by atoms with E-state index in [0.29, 0.717) is 24.5 Å². The largest absolute Gasteiger partial charge is 0.493 e. The lowest BCUT2D eigenvalue weighted by Gasteiger charge is -2.23. The molecule has 1 aromatic carbocycles. The van der Waals surface area contributed by atoms with Crippen LogP contribution < -0.4 is 20.5 Å². The highest BCUT2D eigenvalue weighted by Crippen LogP contribution is 2.29. The molecule has 0 heterocycles. The standard InChI is InChI=1S/C14H24N2O3/c1-10(6-7-17)16-12(9-15)11-4-5-13(18-2)14(8-11)19-3/h4-5,8,10,12,16-17H,6-7,9,15H2,1-3H3. The van der Waals surface area contributed by atoms with Gasteiger partial charge in [-0.15, -0.1) is 0 Å². The number of aliphatic hydroxyl groups excluding tert-OH is 1. The van der Waals surface area contributed by atoms with E-state index in [1.54, 1.807) is 14.2 Å². The van der Waals surface area contributed by atoms with Crippen LogP contribution in [-0.4, -0.2) is 38.5 Å². The summed E-state index contributed by atoms with van der Waals surface area (Å²) in [7, 11) is 3.22. The molecule has 4 N–H and O–H groups in total. The summed E-state index contributed by atoms with van der Waals surface area (Å²) in [6, 6.07) is 6.00. The van der Waals surface area contributed by atoms with Crippen molar-refractivity contribution in [1.29, 1.82) is 0 Å². The molecule has 0 saturated carbocycles. The minimum Gasteiger partial charge on any atom is -0.493 e. The molecule has 0 radical (unpaired) electrons. The van der Waals surface area contributed by atoms with Crippen molar-refractivity contribution in [3.05, 3.63) is 23.8 Å². The van der Waals surface area contributed by atoms with Crippen molar-refractivity contribution in [2.45, 2.75) is 25.4 Å². The first kappa shape index (κ1) is 15.8. The molecule has 0 aromatic heterocycles. The minimum absolute atomic E-state index is 0.0290. The predicted molar refractivity (Wildman–Crippen MR) is 75.6 cm³/mol. The summed E-state index contributed by atoms with van der Waals surface area (Å²) < 4.78 is 10.5. The van der Waals surface area contributed by atoms with Gasteiger partial charge in [-0.1, -0.05) is 6.07 Å². The lowest BCUT2D eigenvalue weighted by Crippen LogP contribution is -2.35. The summed E-state index contributed by atoms with van der Waals surface area (Å²) in [6.45, 7) is 2.67. The summed E-state index contributed by atoms with van der Waals surface area (Å²) in [6.07, 6.45) is 0.698. The van der Waals surface area contributed by atoms with Gasteiger partial charge in [0.25, 0.3) is 0 Å². The molecule has 19 heavy (non-hydrogen) atoms. The van der Waals surface area contributed by atoms with Gasteiger partial charge in [-0.05, 0) is 31.0 Å². The molecule has 0 fully saturated rings. The van der Waals surface area contributed by atoms with Gasteiger partial charge < -0.3 is 25.6 Å². The Morgan fingerprint density at radius 2 is 1.95 bits per heavy atom. The molecule has 0 spiro atoms. The number of aliphatic hydroxyl groups is 1. The highest BCUT2D eigenvalue weighted by atomic mass is 16.5. The summed E-state index contributed by atoms with van der Waals surface area (Å²) in [5.74, 6) is 1.39. The first-order chi connectivity index (χ1) is 9.15. The predicted octanol–water partition coefficient (Wildman–Crippen LogP) is 1.06. The fraction of sp³-hybridized carbons (Fsp3) is 0.571. The zero-order valence-corrected chi connectivity index (χ0v) is 11.8. The van der Waals surface area contributed by atoms with Gasteiger partial charge in [-0.3, -0.25) is 0 Å². The van der Waals surface area contributed by atoms with Crippen molar-refractivity contribution in [3.8, 4) is 11.5 Å². The number of benzene rings is 1. The smallest absolute Gasteiger partial charge is 0.161 e. The number of nitrogens with two attached hydrogens (primary N) is 1. The number of hydrogen-bond donors (Lipinski definition) is 3. The number of nitrogens with one attached hydrogen (secondary N) is 1. The number of ether oxygens (including phenoxy) is 2. The second kappa shape index (κ2) is 7.99. The first-order valence-electron chi connectivity index (χ1n) is 6.45. The van der Waals surface area contributed by atoms with E-state index in [1.165, 1.54) is 0 Å². The van der Waals surface area contributed by atoms with Crippen LogP contribution in [0.2, 0.25) is 0 Å². The van der Waals surface area contributed by atoms with E-state index in [2.05, 4.69) is 5.32 Å². The second-order valence-corrected chi connectivity index (χ2v) is 4.48. The minimum atomic E-state index is 0.0290. The number of hydrogen-bond acceptors (Lipinski definition) is 5. The summed E-state index contributed by atoms with van der Waals surface area (Å²) in [4.78, 5) is 0. The molecule has 0 amide bonds. The average molecular weight is 268 g/mol. The first-order valence-corrected chi connectivity index (χ1v) is 6.45. The van der Waals surface area contributed by atoms with Crippen LogP contribution in [0.3, 0.4) is 0 Å². The monoisotopic (exact) mass is 268 g/mol. The van der Waals surface area contributed by atoms with Crippen LogP contribution in [0.4, 0.5) is 0 Å². The normalized spacial score (nSPS) is 13.9. The summed E-state index contributed by atoms with van der Waals surface area (Å²) >= 11 is 0. The molecule has 0 aliphatic rings. The Hall–Kier alpha value is -1.30. The molecule has 1 aromatic rings. The van der Waals surface area contributed by atoms with E-state index in [1.807, 2.05) is 25.1 Å². The molecule has 5 nitrogen and oxygen atoms in total. The zero-order valence-electron chi connectivity index (χ0n) is 11.8. The fourth-order valence-electron chi connectivity index (χ4n) is 1.99. The van der Waals surface area contributed by atoms with Gasteiger partial charge in [-0.25, -0.2) is 0 Å². The van der Waals surface area contributed by atoms with Crippen molar-refractivity contribution in [2.24, 2.45) is 5.73 Å². The Kier molecular flexibility index (Phi) is 6.62. The SMILES string of the molecule is COc1ccc(C(CN)NC(C)CCO)cc1OC. The maximum atomic E-state index is 8.94. The van der Waals surface area contributed by atoms with Crippen LogP contribution in [-0.2, 0) is 0 Å². The van der Waals surface area contributed by atoms with Crippen molar-refractivity contribution in [1.82, 2.24) is 5.32 Å². The molecule has 0 bridgehead atoms. The number of rotatable bonds is 8. The molecule has 5 heteroatoms. The van der Waals surface area contributed by atoms with Gasteiger partial charge in [-0.2, -0.15) is 0 Å². The molecule has 0 aliphatic heterocycles. The van der Waals surface area contributed by atoms with Gasteiger partial charge in [0.15, 0.2) is 11.5 Å². The molecule has 1 rings (SSSR count). The Balaban J connectivity index is 2.86. The zero-order chi connectivity index (χ0) is 14.3. The van der Waals surface area contributed by atoms with Gasteiger partial charge in [0.05, 0.1) is 14.2 Å². The van der Waals surface area contributed by atoms with Crippen LogP contribution >= 0.6 is 0 Å². The highest BCUT2D eigenvalue weighted by Gasteiger charge is 2.15. The third-order valence-electron chi connectivity index (χ3n) is 3.09. The lowest BCUT2D eigenvalue weighted by molar-refractivity contribution is 0.263. The molecule has 2 atom stereocenters. The second-order valence-electron chi connectivity index (χ2n) is 4.48. The van der Waals surface area contributed by atoms with Crippen molar-refractivity contribution in [2.75, 3.05) is 27.4 Å². The quantitative estimate of drug-likeness (QED) is 0.657. The van der Waals surface area contributed by atoms with E-state index < -0.39 is 0 Å². The van der Waals surface area contributed by atoms with E-state index in [0.717, 1.165) is 5.56 Å². The molecular weight excluding hydrogens is 244 g/mol. The fourth-order valence-corrected chi connectivity index (χ4v) is 1.99. The molecule has 2 unspecified atom stereocenters. The molecule has 108 valence electrons. The number of methoxy groups -OCH3 is 2. The Morgan fingerprint density at radius 3 is 2.47 bits per heavy atom. The Labute approximate surface area is 114 Å². The molecule has 0 saturated heterocycles. The Bertz CT molecular complexity index is 385. The van der Waals surface area contributed by atoms with Crippen molar-refractivity contribution in [3.63, 3.8) is 0 Å². The van der Waals surface area contributed by atoms with Crippen molar-refractivity contribution >= 4 is 0 Å². The van der Waals surface area contributed by atoms with Crippen LogP contribution in [0.25, 0.3) is 0 Å². The molecule has 0 aliphatic carbocycles. The van der Waals surface area contributed by atoms with E-state index in [-0.39, 0.29) is 18.7 Å². The van der Waals surface area contributed by atoms with Gasteiger partial charge >= 0.3 is 0 Å². The third kappa shape index (κ3) is 4.38. The summed E-state index contributed by atoms with van der Waals surface area (Å²) in [5, 5.41) is 12.3.